The Morgan fingerprint density at radius 3 is 2.55 bits per heavy atom. The first-order chi connectivity index (χ1) is 15.8. The average molecular weight is 497 g/mol. The molecule has 3 rings (SSSR count). The van der Waals surface area contributed by atoms with Crippen molar-refractivity contribution in [3.8, 4) is 11.5 Å². The summed E-state index contributed by atoms with van der Waals surface area (Å²) in [7, 11) is -2.25. The highest BCUT2D eigenvalue weighted by Gasteiger charge is 2.27. The number of benzene rings is 2. The van der Waals surface area contributed by atoms with Crippen molar-refractivity contribution < 1.29 is 27.1 Å². The quantitative estimate of drug-likeness (QED) is 0.545. The Balaban J connectivity index is 1.68. The van der Waals surface area contributed by atoms with Crippen LogP contribution < -0.4 is 9.47 Å². The van der Waals surface area contributed by atoms with Gasteiger partial charge in [0.15, 0.2) is 11.5 Å². The van der Waals surface area contributed by atoms with Gasteiger partial charge in [-0.2, -0.15) is 4.31 Å². The van der Waals surface area contributed by atoms with Crippen LogP contribution in [0.4, 0.5) is 4.39 Å². The summed E-state index contributed by atoms with van der Waals surface area (Å²) in [6.07, 6.45) is 3.54. The molecule has 0 N–H and O–H groups in total. The highest BCUT2D eigenvalue weighted by Crippen LogP contribution is 2.36. The zero-order valence-corrected chi connectivity index (χ0v) is 20.0. The van der Waals surface area contributed by atoms with E-state index in [1.165, 1.54) is 29.6 Å². The Bertz CT molecular complexity index is 1120. The van der Waals surface area contributed by atoms with Gasteiger partial charge in [-0.3, -0.25) is 4.79 Å². The number of hydrogen-bond acceptors (Lipinski definition) is 5. The molecule has 10 heteroatoms. The van der Waals surface area contributed by atoms with Crippen molar-refractivity contribution in [3.05, 3.63) is 58.9 Å². The summed E-state index contributed by atoms with van der Waals surface area (Å²) in [4.78, 5) is 14.4. The van der Waals surface area contributed by atoms with Crippen LogP contribution in [0.15, 0.2) is 47.4 Å². The van der Waals surface area contributed by atoms with Gasteiger partial charge in [0, 0.05) is 32.3 Å². The normalized spacial score (nSPS) is 15.5. The van der Waals surface area contributed by atoms with Gasteiger partial charge < -0.3 is 14.4 Å². The molecule has 2 aromatic carbocycles. The number of carbonyl (C=O) groups excluding carboxylic acids is 1. The molecular formula is C23H26ClFN2O5S. The Kier molecular flexibility index (Phi) is 8.34. The van der Waals surface area contributed by atoms with Gasteiger partial charge in [0.2, 0.25) is 15.9 Å². The van der Waals surface area contributed by atoms with Gasteiger partial charge in [0.1, 0.15) is 5.82 Å². The van der Waals surface area contributed by atoms with Gasteiger partial charge in [-0.25, -0.2) is 12.8 Å². The molecule has 1 amide bonds. The van der Waals surface area contributed by atoms with E-state index in [0.717, 1.165) is 12.1 Å². The van der Waals surface area contributed by atoms with Crippen molar-refractivity contribution in [1.29, 1.82) is 0 Å². The topological polar surface area (TPSA) is 76.2 Å². The lowest BCUT2D eigenvalue weighted by molar-refractivity contribution is -0.125. The Hall–Kier alpha value is -2.62. The molecule has 0 radical (unpaired) electrons. The summed E-state index contributed by atoms with van der Waals surface area (Å²) >= 11 is 6.28. The maximum Gasteiger partial charge on any atom is 0.246 e. The summed E-state index contributed by atoms with van der Waals surface area (Å²) < 4.78 is 51.0. The van der Waals surface area contributed by atoms with E-state index < -0.39 is 15.8 Å². The van der Waals surface area contributed by atoms with Gasteiger partial charge in [-0.1, -0.05) is 11.6 Å². The second-order valence-electron chi connectivity index (χ2n) is 7.34. The highest BCUT2D eigenvalue weighted by atomic mass is 35.5. The van der Waals surface area contributed by atoms with E-state index in [-0.39, 0.29) is 30.4 Å². The number of sulfonamides is 1. The molecule has 0 aliphatic carbocycles. The zero-order valence-electron chi connectivity index (χ0n) is 18.5. The smallest absolute Gasteiger partial charge is 0.246 e. The third-order valence-electron chi connectivity index (χ3n) is 5.18. The van der Waals surface area contributed by atoms with Crippen LogP contribution in [-0.4, -0.2) is 63.4 Å². The number of halogens is 2. The lowest BCUT2D eigenvalue weighted by Gasteiger charge is -2.21. The molecule has 178 valence electrons. The van der Waals surface area contributed by atoms with Gasteiger partial charge >= 0.3 is 0 Å². The first kappa shape index (κ1) is 25.0. The number of amides is 1. The number of carbonyl (C=O) groups is 1. The van der Waals surface area contributed by atoms with Crippen LogP contribution in [0, 0.1) is 5.82 Å². The molecular weight excluding hydrogens is 471 g/mol. The van der Waals surface area contributed by atoms with Crippen molar-refractivity contribution in [1.82, 2.24) is 9.21 Å². The average Bonchev–Trinajstić information content (AvgIpc) is 3.06. The SMILES string of the molecule is CCOc1c(Cl)cc(/C=C/C(=O)N2CCCN(S(=O)(=O)c3ccc(F)cc3)CC2)cc1OC. The van der Waals surface area contributed by atoms with Crippen molar-refractivity contribution in [3.63, 3.8) is 0 Å². The van der Waals surface area contributed by atoms with Crippen LogP contribution in [0.5, 0.6) is 11.5 Å². The molecule has 0 saturated carbocycles. The van der Waals surface area contributed by atoms with E-state index in [1.54, 1.807) is 23.1 Å². The molecule has 0 aromatic heterocycles. The molecule has 0 unspecified atom stereocenters. The van der Waals surface area contributed by atoms with E-state index >= 15 is 0 Å². The Labute approximate surface area is 198 Å². The number of rotatable bonds is 7. The molecule has 1 heterocycles. The van der Waals surface area contributed by atoms with Gasteiger partial charge in [0.05, 0.1) is 23.6 Å². The number of methoxy groups -OCH3 is 1. The third kappa shape index (κ3) is 6.04. The molecule has 1 fully saturated rings. The maximum atomic E-state index is 13.2. The summed E-state index contributed by atoms with van der Waals surface area (Å²) in [6, 6.07) is 8.13. The number of hydrogen-bond donors (Lipinski definition) is 0. The fourth-order valence-corrected chi connectivity index (χ4v) is 5.25. The van der Waals surface area contributed by atoms with Gasteiger partial charge in [-0.15, -0.1) is 0 Å². The second-order valence-corrected chi connectivity index (χ2v) is 9.68. The van der Waals surface area contributed by atoms with Crippen LogP contribution >= 0.6 is 11.6 Å². The summed E-state index contributed by atoms with van der Waals surface area (Å²) in [6.45, 7) is 3.38. The Morgan fingerprint density at radius 1 is 1.15 bits per heavy atom. The highest BCUT2D eigenvalue weighted by molar-refractivity contribution is 7.89. The summed E-state index contributed by atoms with van der Waals surface area (Å²) in [5.41, 5.74) is 0.670. The van der Waals surface area contributed by atoms with Crippen molar-refractivity contribution >= 4 is 33.6 Å². The monoisotopic (exact) mass is 496 g/mol. The van der Waals surface area contributed by atoms with Crippen molar-refractivity contribution in [2.75, 3.05) is 39.9 Å². The fraction of sp³-hybridized carbons (Fsp3) is 0.348. The minimum atomic E-state index is -3.76. The van der Waals surface area contributed by atoms with E-state index in [9.17, 15) is 17.6 Å². The minimum absolute atomic E-state index is 0.0323. The van der Waals surface area contributed by atoms with Crippen LogP contribution in [-0.2, 0) is 14.8 Å². The zero-order chi connectivity index (χ0) is 24.0. The standard InChI is InChI=1S/C23H26ClFN2O5S/c1-3-32-23-20(24)15-17(16-21(23)31-2)5-10-22(28)26-11-4-12-27(14-13-26)33(29,30)19-8-6-18(25)7-9-19/h5-10,15-16H,3-4,11-14H2,1-2H3/b10-5+. The fourth-order valence-electron chi connectivity index (χ4n) is 3.50. The maximum absolute atomic E-state index is 13.2. The van der Waals surface area contributed by atoms with E-state index in [4.69, 9.17) is 21.1 Å². The van der Waals surface area contributed by atoms with Crippen LogP contribution in [0.1, 0.15) is 18.9 Å². The van der Waals surface area contributed by atoms with E-state index in [2.05, 4.69) is 0 Å². The lowest BCUT2D eigenvalue weighted by atomic mass is 10.1. The van der Waals surface area contributed by atoms with Gasteiger partial charge in [-0.05, 0) is 61.4 Å². The molecule has 1 saturated heterocycles. The molecule has 1 aliphatic heterocycles. The van der Waals surface area contributed by atoms with Crippen LogP contribution in [0.3, 0.4) is 0 Å². The lowest BCUT2D eigenvalue weighted by Crippen LogP contribution is -2.36. The first-order valence-corrected chi connectivity index (χ1v) is 12.3. The van der Waals surface area contributed by atoms with Gasteiger partial charge in [0.25, 0.3) is 0 Å². The molecule has 1 aliphatic rings. The molecule has 0 spiro atoms. The minimum Gasteiger partial charge on any atom is -0.493 e. The molecule has 2 aromatic rings. The van der Waals surface area contributed by atoms with Crippen molar-refractivity contribution in [2.45, 2.75) is 18.2 Å². The first-order valence-electron chi connectivity index (χ1n) is 10.5. The van der Waals surface area contributed by atoms with E-state index in [1.807, 2.05) is 6.92 Å². The van der Waals surface area contributed by atoms with Crippen molar-refractivity contribution in [2.24, 2.45) is 0 Å². The molecule has 33 heavy (non-hydrogen) atoms. The number of ether oxygens (including phenoxy) is 2. The van der Waals surface area contributed by atoms with E-state index in [0.29, 0.717) is 41.7 Å². The molecule has 0 bridgehead atoms. The van der Waals surface area contributed by atoms with Crippen LogP contribution in [0.2, 0.25) is 5.02 Å². The summed E-state index contributed by atoms with van der Waals surface area (Å²) in [5, 5.41) is 0.375. The summed E-state index contributed by atoms with van der Waals surface area (Å²) in [5.74, 6) is 0.174. The third-order valence-corrected chi connectivity index (χ3v) is 7.37. The predicted octanol–water partition coefficient (Wildman–Crippen LogP) is 3.82. The second kappa shape index (κ2) is 11.0. The molecule has 0 atom stereocenters. The Morgan fingerprint density at radius 2 is 1.88 bits per heavy atom. The van der Waals surface area contributed by atoms with Crippen LogP contribution in [0.25, 0.3) is 6.08 Å². The molecule has 7 nitrogen and oxygen atoms in total. The number of nitrogens with zero attached hydrogens (tertiary/aromatic N) is 2. The largest absolute Gasteiger partial charge is 0.493 e. The predicted molar refractivity (Wildman–Crippen MR) is 125 cm³/mol.